The van der Waals surface area contributed by atoms with E-state index in [-0.39, 0.29) is 28.1 Å². The largest absolute Gasteiger partial charge is 0.461 e. The number of aryl methyl sites for hydroxylation is 2. The van der Waals surface area contributed by atoms with Gasteiger partial charge in [0.1, 0.15) is 23.2 Å². The minimum absolute atomic E-state index is 0.193. The summed E-state index contributed by atoms with van der Waals surface area (Å²) in [5.74, 6) is -5.47. The van der Waals surface area contributed by atoms with E-state index in [9.17, 15) is 32.4 Å². The van der Waals surface area contributed by atoms with Crippen LogP contribution in [0.15, 0.2) is 81.3 Å². The Morgan fingerprint density at radius 1 is 0.904 bits per heavy atom. The summed E-state index contributed by atoms with van der Waals surface area (Å²) in [5, 5.41) is 5.07. The zero-order valence-corrected chi connectivity index (χ0v) is 30.4. The van der Waals surface area contributed by atoms with Crippen LogP contribution in [0.25, 0.3) is 5.69 Å². The van der Waals surface area contributed by atoms with E-state index in [4.69, 9.17) is 4.74 Å². The first-order valence-electron chi connectivity index (χ1n) is 16.0. The molecule has 0 spiro atoms. The topological polar surface area (TPSA) is 175 Å². The molecule has 0 unspecified atom stereocenters. The molecule has 1 atom stereocenters. The quantitative estimate of drug-likeness (QED) is 0.195. The fraction of sp³-hybridized carbons (Fsp3) is 0.306. The van der Waals surface area contributed by atoms with Crippen LogP contribution in [0.4, 0.5) is 14.5 Å². The normalized spacial score (nSPS) is 12.3. The van der Waals surface area contributed by atoms with Crippen molar-refractivity contribution in [2.24, 2.45) is 7.05 Å². The first kappa shape index (κ1) is 39.2. The number of benzene rings is 3. The molecule has 0 aliphatic carbocycles. The Hall–Kier alpha value is -5.64. The number of halogens is 2. The van der Waals surface area contributed by atoms with Crippen LogP contribution in [0, 0.1) is 18.6 Å². The van der Waals surface area contributed by atoms with E-state index >= 15 is 8.78 Å². The molecular weight excluding hydrogens is 700 g/mol. The number of ether oxygens (including phenoxy) is 1. The van der Waals surface area contributed by atoms with Crippen LogP contribution in [0.5, 0.6) is 0 Å². The van der Waals surface area contributed by atoms with Crippen LogP contribution in [-0.4, -0.2) is 53.0 Å². The number of nitrogens with zero attached hydrogens (tertiary/aromatic N) is 2. The van der Waals surface area contributed by atoms with Crippen molar-refractivity contribution < 1.29 is 36.3 Å². The molecule has 276 valence electrons. The van der Waals surface area contributed by atoms with Crippen molar-refractivity contribution in [1.29, 1.82) is 0 Å². The molecule has 0 radical (unpaired) electrons. The van der Waals surface area contributed by atoms with Crippen LogP contribution in [0.2, 0.25) is 0 Å². The van der Waals surface area contributed by atoms with Gasteiger partial charge < -0.3 is 19.9 Å². The highest BCUT2D eigenvalue weighted by molar-refractivity contribution is 7.92. The molecule has 4 aromatic rings. The average molecular weight is 740 g/mol. The molecule has 0 saturated carbocycles. The van der Waals surface area contributed by atoms with Crippen molar-refractivity contribution >= 4 is 33.5 Å². The smallest absolute Gasteiger partial charge is 0.335 e. The molecule has 0 saturated heterocycles. The molecule has 2 amide bonds. The van der Waals surface area contributed by atoms with Crippen molar-refractivity contribution in [2.75, 3.05) is 4.72 Å². The number of carbonyl (C=O) groups excluding carboxylic acids is 3. The highest BCUT2D eigenvalue weighted by atomic mass is 32.2. The lowest BCUT2D eigenvalue weighted by Crippen LogP contribution is -2.44. The first-order chi connectivity index (χ1) is 24.2. The van der Waals surface area contributed by atoms with E-state index in [1.54, 1.807) is 34.6 Å². The van der Waals surface area contributed by atoms with E-state index in [0.29, 0.717) is 17.7 Å². The second-order valence-electron chi connectivity index (χ2n) is 13.4. The molecule has 0 fully saturated rings. The zero-order valence-electron chi connectivity index (χ0n) is 29.5. The fourth-order valence-corrected chi connectivity index (χ4v) is 6.39. The van der Waals surface area contributed by atoms with Crippen molar-refractivity contribution in [3.63, 3.8) is 0 Å². The van der Waals surface area contributed by atoms with Crippen LogP contribution in [0.1, 0.15) is 66.5 Å². The van der Waals surface area contributed by atoms with Crippen molar-refractivity contribution in [2.45, 2.75) is 70.5 Å². The van der Waals surface area contributed by atoms with Crippen LogP contribution < -0.4 is 26.6 Å². The minimum Gasteiger partial charge on any atom is -0.461 e. The second kappa shape index (κ2) is 15.3. The summed E-state index contributed by atoms with van der Waals surface area (Å²) in [7, 11) is -2.92. The third-order valence-electron chi connectivity index (χ3n) is 7.47. The minimum atomic E-state index is -4.41. The standard InChI is InChI=1S/C36H39F2N5O8S/c1-20(2)51-34(47)28(17-22-8-11-25(12-9-22)43-30(44)14-15-42(7)35(43)48)39-33(46)31-26(37)18-24(19-27(31)38)41-52(49,50)29-13-10-23(16-21(29)3)32(45)40-36(4,5)6/h8-16,18-20,28,41H,17H2,1-7H3,(H,39,46)(H,40,45)/t28-/m0/s1. The summed E-state index contributed by atoms with van der Waals surface area (Å²) >= 11 is 0. The molecule has 16 heteroatoms. The van der Waals surface area contributed by atoms with Gasteiger partial charge in [0.2, 0.25) is 0 Å². The summed E-state index contributed by atoms with van der Waals surface area (Å²) in [6.07, 6.45) is 0.534. The summed E-state index contributed by atoms with van der Waals surface area (Å²) in [4.78, 5) is 63.3. The van der Waals surface area contributed by atoms with Gasteiger partial charge in [-0.25, -0.2) is 31.4 Å². The van der Waals surface area contributed by atoms with Gasteiger partial charge in [-0.15, -0.1) is 0 Å². The SMILES string of the molecule is Cc1cc(C(=O)NC(C)(C)C)ccc1S(=O)(=O)Nc1cc(F)c(C(=O)N[C@@H](Cc2ccc(-n3c(=O)ccn(C)c3=O)cc2)C(=O)OC(C)C)c(F)c1. The van der Waals surface area contributed by atoms with Gasteiger partial charge in [-0.3, -0.25) is 19.1 Å². The van der Waals surface area contributed by atoms with E-state index in [0.717, 1.165) is 4.57 Å². The number of aromatic nitrogens is 2. The summed E-state index contributed by atoms with van der Waals surface area (Å²) in [6.45, 7) is 9.97. The molecule has 3 aromatic carbocycles. The highest BCUT2D eigenvalue weighted by Gasteiger charge is 2.29. The number of anilines is 1. The van der Waals surface area contributed by atoms with E-state index in [2.05, 4.69) is 15.4 Å². The maximum atomic E-state index is 15.3. The van der Waals surface area contributed by atoms with Gasteiger partial charge in [-0.05, 0) is 95.1 Å². The van der Waals surface area contributed by atoms with Crippen molar-refractivity contribution in [1.82, 2.24) is 19.8 Å². The second-order valence-corrected chi connectivity index (χ2v) is 15.0. The number of nitrogens with one attached hydrogen (secondary N) is 3. The Morgan fingerprint density at radius 2 is 1.52 bits per heavy atom. The van der Waals surface area contributed by atoms with Gasteiger partial charge >= 0.3 is 11.7 Å². The van der Waals surface area contributed by atoms with Crippen LogP contribution >= 0.6 is 0 Å². The average Bonchev–Trinajstić information content (AvgIpc) is 3.01. The van der Waals surface area contributed by atoms with E-state index < -0.39 is 79.6 Å². The maximum Gasteiger partial charge on any atom is 0.335 e. The van der Waals surface area contributed by atoms with Crippen molar-refractivity contribution in [3.05, 3.63) is 122 Å². The molecule has 3 N–H and O–H groups in total. The number of rotatable bonds is 11. The monoisotopic (exact) mass is 739 g/mol. The van der Waals surface area contributed by atoms with Gasteiger partial charge in [0, 0.05) is 36.8 Å². The van der Waals surface area contributed by atoms with Crippen molar-refractivity contribution in [3.8, 4) is 5.69 Å². The Bertz CT molecular complexity index is 2240. The molecular formula is C36H39F2N5O8S. The molecule has 13 nitrogen and oxygen atoms in total. The van der Waals surface area contributed by atoms with E-state index in [1.807, 2.05) is 0 Å². The summed E-state index contributed by atoms with van der Waals surface area (Å²) < 4.78 is 66.5. The highest BCUT2D eigenvalue weighted by Crippen LogP contribution is 2.25. The molecule has 0 bridgehead atoms. The predicted octanol–water partition coefficient (Wildman–Crippen LogP) is 3.74. The molecule has 1 aromatic heterocycles. The zero-order chi connectivity index (χ0) is 38.7. The van der Waals surface area contributed by atoms with Gasteiger partial charge in [0.25, 0.3) is 27.4 Å². The van der Waals surface area contributed by atoms with Gasteiger partial charge in [0.05, 0.1) is 22.4 Å². The Labute approximate surface area is 298 Å². The molecule has 0 aliphatic rings. The lowest BCUT2D eigenvalue weighted by Gasteiger charge is -2.21. The number of amides is 2. The van der Waals surface area contributed by atoms with Gasteiger partial charge in [0.15, 0.2) is 0 Å². The third kappa shape index (κ3) is 9.37. The van der Waals surface area contributed by atoms with Crippen LogP contribution in [0.3, 0.4) is 0 Å². The number of esters is 1. The molecule has 4 rings (SSSR count). The number of hydrogen-bond acceptors (Lipinski definition) is 8. The van der Waals surface area contributed by atoms with Gasteiger partial charge in [-0.2, -0.15) is 0 Å². The summed E-state index contributed by atoms with van der Waals surface area (Å²) in [6, 6.07) is 10.8. The summed E-state index contributed by atoms with van der Waals surface area (Å²) in [5.41, 5.74) is -2.18. The molecule has 0 aliphatic heterocycles. The third-order valence-corrected chi connectivity index (χ3v) is 9.01. The fourth-order valence-electron chi connectivity index (χ4n) is 5.12. The maximum absolute atomic E-state index is 15.3. The van der Waals surface area contributed by atoms with E-state index in [1.165, 1.54) is 73.3 Å². The van der Waals surface area contributed by atoms with Gasteiger partial charge in [-0.1, -0.05) is 12.1 Å². The Morgan fingerprint density at radius 3 is 2.08 bits per heavy atom. The Balaban J connectivity index is 1.55. The lowest BCUT2D eigenvalue weighted by atomic mass is 10.0. The first-order valence-corrected chi connectivity index (χ1v) is 17.5. The number of hydrogen-bond donors (Lipinski definition) is 3. The molecule has 1 heterocycles. The number of carbonyl (C=O) groups is 3. The predicted molar refractivity (Wildman–Crippen MR) is 189 cm³/mol. The lowest BCUT2D eigenvalue weighted by molar-refractivity contribution is -0.149. The molecule has 52 heavy (non-hydrogen) atoms. The Kier molecular flexibility index (Phi) is 11.5. The number of sulfonamides is 1. The van der Waals surface area contributed by atoms with Crippen LogP contribution in [-0.2, 0) is 33.0 Å².